The lowest BCUT2D eigenvalue weighted by Crippen LogP contribution is -2.29. The number of rotatable bonds is 17. The van der Waals surface area contributed by atoms with Crippen LogP contribution in [0.4, 0.5) is 0 Å². The second-order valence-corrected chi connectivity index (χ2v) is 8.87. The minimum Gasteiger partial charge on any atom is -0.131 e. The van der Waals surface area contributed by atoms with Crippen LogP contribution in [0, 0.1) is 5.92 Å². The average molecular weight is 343 g/mol. The van der Waals surface area contributed by atoms with Crippen molar-refractivity contribution < 1.29 is 0 Å². The first-order chi connectivity index (χ1) is 11.1. The molecule has 0 aromatic carbocycles. The lowest BCUT2D eigenvalue weighted by atomic mass is 9.81. The van der Waals surface area contributed by atoms with E-state index in [0.717, 1.165) is 5.92 Å². The molecule has 2 atom stereocenters. The molecule has 0 aromatic rings. The molecule has 0 saturated carbocycles. The van der Waals surface area contributed by atoms with Gasteiger partial charge in [-0.2, -0.15) is 0 Å². The molecule has 23 heavy (non-hydrogen) atoms. The Morgan fingerprint density at radius 3 is 1.35 bits per heavy atom. The van der Waals surface area contributed by atoms with E-state index in [9.17, 15) is 0 Å². The molecule has 0 aliphatic rings. The van der Waals surface area contributed by atoms with Crippen LogP contribution in [0.15, 0.2) is 0 Å². The minimum atomic E-state index is 0.506. The number of hydrogen-bond donors (Lipinski definition) is 0. The summed E-state index contributed by atoms with van der Waals surface area (Å²) in [4.78, 5) is 0. The van der Waals surface area contributed by atoms with Crippen molar-refractivity contribution in [3.05, 3.63) is 0 Å². The molecular weight excluding hydrogens is 295 g/mol. The van der Waals surface area contributed by atoms with Gasteiger partial charge in [0.25, 0.3) is 0 Å². The van der Waals surface area contributed by atoms with E-state index in [1.54, 1.807) is 0 Å². The van der Waals surface area contributed by atoms with Crippen molar-refractivity contribution in [1.82, 2.24) is 0 Å². The lowest BCUT2D eigenvalue weighted by molar-refractivity contribution is 0.313. The van der Waals surface area contributed by atoms with Crippen LogP contribution < -0.4 is 0 Å². The summed E-state index contributed by atoms with van der Waals surface area (Å²) in [5, 5.41) is 0.506. The molecule has 0 N–H and O–H groups in total. The summed E-state index contributed by atoms with van der Waals surface area (Å²) in [5.74, 6) is 0.908. The summed E-state index contributed by atoms with van der Waals surface area (Å²) in [5.41, 5.74) is 0. The molecular formula is C22H47P. The van der Waals surface area contributed by atoms with E-state index in [1.807, 2.05) is 0 Å². The normalized spacial score (nSPS) is 13.4. The van der Waals surface area contributed by atoms with Gasteiger partial charge in [-0.1, -0.05) is 111 Å². The Hall–Kier alpha value is 0.430. The van der Waals surface area contributed by atoms with Crippen molar-refractivity contribution in [3.8, 4) is 0 Å². The summed E-state index contributed by atoms with van der Waals surface area (Å²) in [6, 6.07) is 0. The third-order valence-electron chi connectivity index (χ3n) is 6.03. The van der Waals surface area contributed by atoms with Crippen molar-refractivity contribution in [1.29, 1.82) is 0 Å². The smallest absolute Gasteiger partial charge is 0.0127 e. The fraction of sp³-hybridized carbons (Fsp3) is 1.00. The van der Waals surface area contributed by atoms with Crippen molar-refractivity contribution >= 4 is 9.24 Å². The zero-order valence-corrected chi connectivity index (χ0v) is 18.1. The van der Waals surface area contributed by atoms with Crippen molar-refractivity contribution in [2.45, 2.75) is 136 Å². The molecule has 0 nitrogen and oxygen atoms in total. The zero-order valence-electron chi connectivity index (χ0n) is 17.0. The van der Waals surface area contributed by atoms with Gasteiger partial charge in [-0.3, -0.25) is 0 Å². The van der Waals surface area contributed by atoms with Crippen LogP contribution in [0.1, 0.15) is 130 Å². The highest BCUT2D eigenvalue weighted by atomic mass is 31.0. The Morgan fingerprint density at radius 1 is 0.609 bits per heavy atom. The highest BCUT2D eigenvalue weighted by Crippen LogP contribution is 2.39. The van der Waals surface area contributed by atoms with Gasteiger partial charge < -0.3 is 0 Å². The first-order valence-corrected chi connectivity index (χ1v) is 11.5. The van der Waals surface area contributed by atoms with Crippen molar-refractivity contribution in [2.75, 3.05) is 0 Å². The standard InChI is InChI=1S/C22H47P/c1-5-9-10-11-12-13-14-15-16-17-18-19-20-21(6-2)22(23,7-3)8-4/h21H,5-20,23H2,1-4H3. The molecule has 2 unspecified atom stereocenters. The predicted octanol–water partition coefficient (Wildman–Crippen LogP) is 8.54. The molecule has 1 heteroatoms. The van der Waals surface area contributed by atoms with Crippen molar-refractivity contribution in [3.63, 3.8) is 0 Å². The van der Waals surface area contributed by atoms with Crippen LogP contribution in [0.25, 0.3) is 0 Å². The molecule has 0 saturated heterocycles. The summed E-state index contributed by atoms with van der Waals surface area (Å²) in [6.07, 6.45) is 22.9. The molecule has 0 bridgehead atoms. The molecule has 0 rings (SSSR count). The van der Waals surface area contributed by atoms with E-state index in [4.69, 9.17) is 0 Å². The Bertz CT molecular complexity index is 232. The highest BCUT2D eigenvalue weighted by Gasteiger charge is 2.28. The van der Waals surface area contributed by atoms with E-state index in [1.165, 1.54) is 103 Å². The van der Waals surface area contributed by atoms with Crippen LogP contribution >= 0.6 is 9.24 Å². The third kappa shape index (κ3) is 11.6. The summed E-state index contributed by atoms with van der Waals surface area (Å²) in [7, 11) is 3.19. The number of unbranched alkanes of at least 4 members (excludes halogenated alkanes) is 11. The van der Waals surface area contributed by atoms with E-state index < -0.39 is 0 Å². The zero-order chi connectivity index (χ0) is 17.4. The SMILES string of the molecule is CCCCCCCCCCCCCCC(CC)C(P)(CC)CC. The first kappa shape index (κ1) is 23.4. The molecule has 0 fully saturated rings. The Morgan fingerprint density at radius 2 is 1.00 bits per heavy atom. The maximum absolute atomic E-state index is 3.19. The molecule has 0 radical (unpaired) electrons. The topological polar surface area (TPSA) is 0 Å². The molecule has 0 spiro atoms. The van der Waals surface area contributed by atoms with Crippen LogP contribution in [-0.2, 0) is 0 Å². The van der Waals surface area contributed by atoms with Gasteiger partial charge in [-0.25, -0.2) is 0 Å². The van der Waals surface area contributed by atoms with Gasteiger partial charge >= 0.3 is 0 Å². The van der Waals surface area contributed by atoms with E-state index >= 15 is 0 Å². The maximum atomic E-state index is 3.19. The van der Waals surface area contributed by atoms with E-state index in [0.29, 0.717) is 5.16 Å². The molecule has 0 aromatic heterocycles. The predicted molar refractivity (Wildman–Crippen MR) is 112 cm³/mol. The Kier molecular flexibility index (Phi) is 16.2. The molecule has 0 aliphatic carbocycles. The van der Waals surface area contributed by atoms with Gasteiger partial charge in [0.2, 0.25) is 0 Å². The van der Waals surface area contributed by atoms with Crippen LogP contribution in [-0.4, -0.2) is 5.16 Å². The van der Waals surface area contributed by atoms with Gasteiger partial charge in [0, 0.05) is 0 Å². The third-order valence-corrected chi connectivity index (χ3v) is 7.32. The monoisotopic (exact) mass is 342 g/mol. The van der Waals surface area contributed by atoms with Gasteiger partial charge in [0.1, 0.15) is 0 Å². The number of hydrogen-bond acceptors (Lipinski definition) is 0. The summed E-state index contributed by atoms with van der Waals surface area (Å²) in [6.45, 7) is 9.41. The van der Waals surface area contributed by atoms with Crippen LogP contribution in [0.2, 0.25) is 0 Å². The maximum Gasteiger partial charge on any atom is -0.0127 e. The largest absolute Gasteiger partial charge is 0.131 e. The van der Waals surface area contributed by atoms with Crippen LogP contribution in [0.5, 0.6) is 0 Å². The Labute approximate surface area is 151 Å². The van der Waals surface area contributed by atoms with E-state index in [2.05, 4.69) is 36.9 Å². The highest BCUT2D eigenvalue weighted by molar-refractivity contribution is 7.19. The first-order valence-electron chi connectivity index (χ1n) is 10.9. The molecule has 0 aliphatic heterocycles. The average Bonchev–Trinajstić information content (AvgIpc) is 2.58. The van der Waals surface area contributed by atoms with Gasteiger partial charge in [-0.05, 0) is 30.3 Å². The second-order valence-electron chi connectivity index (χ2n) is 7.72. The van der Waals surface area contributed by atoms with Crippen molar-refractivity contribution in [2.24, 2.45) is 5.92 Å². The molecule has 140 valence electrons. The molecule has 0 heterocycles. The fourth-order valence-corrected chi connectivity index (χ4v) is 4.36. The second kappa shape index (κ2) is 15.9. The van der Waals surface area contributed by atoms with Gasteiger partial charge in [0.15, 0.2) is 0 Å². The lowest BCUT2D eigenvalue weighted by Gasteiger charge is -2.36. The molecule has 0 amide bonds. The van der Waals surface area contributed by atoms with Gasteiger partial charge in [-0.15, -0.1) is 9.24 Å². The summed E-state index contributed by atoms with van der Waals surface area (Å²) >= 11 is 0. The summed E-state index contributed by atoms with van der Waals surface area (Å²) < 4.78 is 0. The quantitative estimate of drug-likeness (QED) is 0.183. The van der Waals surface area contributed by atoms with Gasteiger partial charge in [0.05, 0.1) is 0 Å². The van der Waals surface area contributed by atoms with E-state index in [-0.39, 0.29) is 0 Å². The fourth-order valence-electron chi connectivity index (χ4n) is 3.96. The minimum absolute atomic E-state index is 0.506. The van der Waals surface area contributed by atoms with Crippen LogP contribution in [0.3, 0.4) is 0 Å². The Balaban J connectivity index is 3.47.